The number of carboxylic acid groups (broad SMARTS) is 1. The Bertz CT molecular complexity index is 553. The number of methoxy groups -OCH3 is 1. The summed E-state index contributed by atoms with van der Waals surface area (Å²) in [7, 11) is -0.442. The second kappa shape index (κ2) is 6.83. The molecular weight excluding hydrogens is 282 g/mol. The predicted molar refractivity (Wildman–Crippen MR) is 75.1 cm³/mol. The number of carbonyl (C=O) groups is 1. The zero-order chi connectivity index (χ0) is 15.3. The fourth-order valence-corrected chi connectivity index (χ4v) is 3.10. The van der Waals surface area contributed by atoms with Crippen LogP contribution in [0.25, 0.3) is 0 Å². The van der Waals surface area contributed by atoms with Crippen LogP contribution in [0, 0.1) is 0 Å². The molecule has 0 radical (unpaired) electrons. The maximum atomic E-state index is 12.2. The highest BCUT2D eigenvalue weighted by Gasteiger charge is 2.23. The SMILES string of the molecule is COCC(C)N(C)S(=O)(=O)Cc1ccc(C(=O)O)cc1. The maximum Gasteiger partial charge on any atom is 0.335 e. The van der Waals surface area contributed by atoms with E-state index in [2.05, 4.69) is 0 Å². The van der Waals surface area contributed by atoms with E-state index >= 15 is 0 Å². The first-order valence-electron chi connectivity index (χ1n) is 6.05. The zero-order valence-corrected chi connectivity index (χ0v) is 12.6. The van der Waals surface area contributed by atoms with E-state index in [0.29, 0.717) is 12.2 Å². The van der Waals surface area contributed by atoms with Gasteiger partial charge < -0.3 is 9.84 Å². The van der Waals surface area contributed by atoms with Gasteiger partial charge in [-0.2, -0.15) is 4.31 Å². The molecule has 0 aromatic heterocycles. The highest BCUT2D eigenvalue weighted by atomic mass is 32.2. The highest BCUT2D eigenvalue weighted by Crippen LogP contribution is 2.13. The van der Waals surface area contributed by atoms with Crippen LogP contribution < -0.4 is 0 Å². The molecule has 1 aromatic carbocycles. The molecule has 0 amide bonds. The van der Waals surface area contributed by atoms with Crippen LogP contribution in [0.5, 0.6) is 0 Å². The van der Waals surface area contributed by atoms with Crippen LogP contribution in [0.1, 0.15) is 22.8 Å². The van der Waals surface area contributed by atoms with Crippen molar-refractivity contribution in [3.63, 3.8) is 0 Å². The van der Waals surface area contributed by atoms with Gasteiger partial charge in [0.1, 0.15) is 0 Å². The van der Waals surface area contributed by atoms with Crippen molar-refractivity contribution in [1.82, 2.24) is 4.31 Å². The molecule has 0 bridgehead atoms. The smallest absolute Gasteiger partial charge is 0.335 e. The third-order valence-electron chi connectivity index (χ3n) is 3.02. The van der Waals surface area contributed by atoms with Gasteiger partial charge in [-0.1, -0.05) is 12.1 Å². The minimum absolute atomic E-state index is 0.132. The molecule has 0 saturated heterocycles. The van der Waals surface area contributed by atoms with Gasteiger partial charge in [0, 0.05) is 20.2 Å². The van der Waals surface area contributed by atoms with Crippen LogP contribution in [0.3, 0.4) is 0 Å². The summed E-state index contributed by atoms with van der Waals surface area (Å²) >= 11 is 0. The molecule has 0 spiro atoms. The number of hydrogen-bond donors (Lipinski definition) is 1. The van der Waals surface area contributed by atoms with E-state index in [9.17, 15) is 13.2 Å². The van der Waals surface area contributed by atoms with Crippen molar-refractivity contribution in [2.45, 2.75) is 18.7 Å². The van der Waals surface area contributed by atoms with Gasteiger partial charge in [0.05, 0.1) is 17.9 Å². The van der Waals surface area contributed by atoms with Crippen LogP contribution in [0.2, 0.25) is 0 Å². The quantitative estimate of drug-likeness (QED) is 0.817. The van der Waals surface area contributed by atoms with Gasteiger partial charge in [-0.15, -0.1) is 0 Å². The Labute approximate surface area is 119 Å². The van der Waals surface area contributed by atoms with Crippen LogP contribution in [-0.2, 0) is 20.5 Å². The first-order valence-corrected chi connectivity index (χ1v) is 7.65. The molecule has 0 aliphatic heterocycles. The number of nitrogens with zero attached hydrogens (tertiary/aromatic N) is 1. The lowest BCUT2D eigenvalue weighted by molar-refractivity contribution is 0.0697. The minimum Gasteiger partial charge on any atom is -0.478 e. The second-order valence-corrected chi connectivity index (χ2v) is 6.61. The van der Waals surface area contributed by atoms with E-state index in [-0.39, 0.29) is 17.4 Å². The number of aromatic carboxylic acids is 1. The molecule has 20 heavy (non-hydrogen) atoms. The molecule has 1 unspecified atom stereocenters. The van der Waals surface area contributed by atoms with Crippen molar-refractivity contribution < 1.29 is 23.1 Å². The van der Waals surface area contributed by atoms with Crippen molar-refractivity contribution in [2.75, 3.05) is 20.8 Å². The molecule has 1 atom stereocenters. The molecule has 112 valence electrons. The fourth-order valence-electron chi connectivity index (χ4n) is 1.68. The Morgan fingerprint density at radius 2 is 1.90 bits per heavy atom. The average molecular weight is 301 g/mol. The monoisotopic (exact) mass is 301 g/mol. The summed E-state index contributed by atoms with van der Waals surface area (Å²) < 4.78 is 30.6. The van der Waals surface area contributed by atoms with Crippen LogP contribution in [0.4, 0.5) is 0 Å². The summed E-state index contributed by atoms with van der Waals surface area (Å²) in [6.07, 6.45) is 0. The van der Waals surface area contributed by atoms with Crippen LogP contribution in [-0.4, -0.2) is 50.6 Å². The Morgan fingerprint density at radius 3 is 2.35 bits per heavy atom. The number of benzene rings is 1. The molecule has 0 saturated carbocycles. The largest absolute Gasteiger partial charge is 0.478 e. The van der Waals surface area contributed by atoms with E-state index in [0.717, 1.165) is 0 Å². The van der Waals surface area contributed by atoms with Gasteiger partial charge in [-0.3, -0.25) is 0 Å². The number of sulfonamides is 1. The van der Waals surface area contributed by atoms with E-state index in [1.807, 2.05) is 0 Å². The summed E-state index contributed by atoms with van der Waals surface area (Å²) in [6.45, 7) is 2.07. The van der Waals surface area contributed by atoms with Crippen molar-refractivity contribution >= 4 is 16.0 Å². The Hall–Kier alpha value is -1.44. The summed E-state index contributed by atoms with van der Waals surface area (Å²) in [5, 5.41) is 8.79. The molecule has 1 aromatic rings. The number of rotatable bonds is 7. The molecule has 7 heteroatoms. The minimum atomic E-state index is -3.46. The summed E-state index contributed by atoms with van der Waals surface area (Å²) in [5.41, 5.74) is 0.679. The first kappa shape index (κ1) is 16.6. The van der Waals surface area contributed by atoms with Crippen LogP contribution >= 0.6 is 0 Å². The zero-order valence-electron chi connectivity index (χ0n) is 11.7. The van der Waals surface area contributed by atoms with E-state index in [4.69, 9.17) is 9.84 Å². The van der Waals surface area contributed by atoms with Crippen molar-refractivity contribution in [1.29, 1.82) is 0 Å². The average Bonchev–Trinajstić information content (AvgIpc) is 2.38. The van der Waals surface area contributed by atoms with Gasteiger partial charge in [0.2, 0.25) is 10.0 Å². The number of hydrogen-bond acceptors (Lipinski definition) is 4. The molecular formula is C13H19NO5S. The molecule has 0 fully saturated rings. The van der Waals surface area contributed by atoms with Gasteiger partial charge in [-0.25, -0.2) is 13.2 Å². The molecule has 1 rings (SSSR count). The van der Waals surface area contributed by atoms with Gasteiger partial charge in [0.15, 0.2) is 0 Å². The third-order valence-corrected chi connectivity index (χ3v) is 4.95. The Balaban J connectivity index is 2.82. The van der Waals surface area contributed by atoms with Gasteiger partial charge in [0.25, 0.3) is 0 Å². The number of ether oxygens (including phenoxy) is 1. The van der Waals surface area contributed by atoms with Gasteiger partial charge in [-0.05, 0) is 24.6 Å². The van der Waals surface area contributed by atoms with Crippen molar-refractivity contribution in [3.05, 3.63) is 35.4 Å². The lowest BCUT2D eigenvalue weighted by Crippen LogP contribution is -2.38. The molecule has 1 N–H and O–H groups in total. The normalized spacial score (nSPS) is 13.4. The molecule has 0 aliphatic carbocycles. The standard InChI is InChI=1S/C13H19NO5S/c1-10(8-19-3)14(2)20(17,18)9-11-4-6-12(7-5-11)13(15)16/h4-7,10H,8-9H2,1-3H3,(H,15,16). The summed E-state index contributed by atoms with van der Waals surface area (Å²) in [5.74, 6) is -1.21. The number of likely N-dealkylation sites (N-methyl/N-ethyl adjacent to an activating group) is 1. The highest BCUT2D eigenvalue weighted by molar-refractivity contribution is 7.88. The predicted octanol–water partition coefficient (Wildman–Crippen LogP) is 1.18. The lowest BCUT2D eigenvalue weighted by atomic mass is 10.1. The lowest BCUT2D eigenvalue weighted by Gasteiger charge is -2.23. The Kier molecular flexibility index (Phi) is 5.67. The summed E-state index contributed by atoms with van der Waals surface area (Å²) in [4.78, 5) is 10.7. The third kappa shape index (κ3) is 4.29. The Morgan fingerprint density at radius 1 is 1.35 bits per heavy atom. The topological polar surface area (TPSA) is 83.9 Å². The fraction of sp³-hybridized carbons (Fsp3) is 0.462. The molecule has 0 heterocycles. The van der Waals surface area contributed by atoms with Crippen molar-refractivity contribution in [2.24, 2.45) is 0 Å². The molecule has 6 nitrogen and oxygen atoms in total. The van der Waals surface area contributed by atoms with Crippen LogP contribution in [0.15, 0.2) is 24.3 Å². The summed E-state index contributed by atoms with van der Waals surface area (Å²) in [6, 6.07) is 5.55. The van der Waals surface area contributed by atoms with E-state index in [1.54, 1.807) is 6.92 Å². The maximum absolute atomic E-state index is 12.2. The van der Waals surface area contributed by atoms with E-state index in [1.165, 1.54) is 42.7 Å². The molecule has 0 aliphatic rings. The van der Waals surface area contributed by atoms with Crippen molar-refractivity contribution in [3.8, 4) is 0 Å². The first-order chi connectivity index (χ1) is 9.27. The second-order valence-electron chi connectivity index (χ2n) is 4.58. The van der Waals surface area contributed by atoms with Gasteiger partial charge >= 0.3 is 5.97 Å². The van der Waals surface area contributed by atoms with E-state index < -0.39 is 16.0 Å². The number of carboxylic acids is 1.